The predicted octanol–water partition coefficient (Wildman–Crippen LogP) is 2.40. The van der Waals surface area contributed by atoms with Crippen molar-refractivity contribution < 1.29 is 28.2 Å². The van der Waals surface area contributed by atoms with Gasteiger partial charge in [-0.05, 0) is 6.07 Å². The number of rotatable bonds is 3. The molecule has 0 fully saturated rings. The molecule has 3 N–H and O–H groups in total. The van der Waals surface area contributed by atoms with Gasteiger partial charge in [-0.3, -0.25) is 14.9 Å². The van der Waals surface area contributed by atoms with Gasteiger partial charge in [-0.15, -0.1) is 0 Å². The van der Waals surface area contributed by atoms with E-state index in [0.29, 0.717) is 22.0 Å². The fraction of sp³-hybridized carbons (Fsp3) is 0.125. The van der Waals surface area contributed by atoms with E-state index < -0.39 is 12.1 Å². The smallest absolute Gasteiger partial charge is 0.475 e. The Balaban J connectivity index is 0.000000345. The number of carbonyl (C=O) groups is 1. The van der Waals surface area contributed by atoms with Crippen molar-refractivity contribution in [1.29, 1.82) is 0 Å². The Morgan fingerprint density at radius 2 is 2.00 bits per heavy atom. The number of aromatic nitrogens is 4. The van der Waals surface area contributed by atoms with Crippen molar-refractivity contribution in [3.63, 3.8) is 0 Å². The average Bonchev–Trinajstić information content (AvgIpc) is 3.03. The lowest BCUT2D eigenvalue weighted by Gasteiger charge is -2.04. The molecule has 0 spiro atoms. The van der Waals surface area contributed by atoms with Gasteiger partial charge in [0, 0.05) is 42.0 Å². The van der Waals surface area contributed by atoms with Gasteiger partial charge in [-0.2, -0.15) is 13.2 Å². The van der Waals surface area contributed by atoms with E-state index in [1.807, 2.05) is 0 Å². The number of carboxylic acid groups (broad SMARTS) is 1. The zero-order valence-electron chi connectivity index (χ0n) is 13.8. The molecule has 3 heterocycles. The van der Waals surface area contributed by atoms with E-state index in [2.05, 4.69) is 15.1 Å². The zero-order chi connectivity index (χ0) is 20.9. The molecule has 0 atom stereocenters. The number of nitrogens with zero attached hydrogens (tertiary/aromatic N) is 3. The first-order valence-corrected chi connectivity index (χ1v) is 7.79. The van der Waals surface area contributed by atoms with Crippen LogP contribution in [0.4, 0.5) is 13.2 Å². The topological polar surface area (TPSA) is 121 Å². The van der Waals surface area contributed by atoms with Gasteiger partial charge in [0.2, 0.25) is 0 Å². The van der Waals surface area contributed by atoms with Crippen LogP contribution in [0.15, 0.2) is 47.8 Å². The van der Waals surface area contributed by atoms with E-state index in [1.54, 1.807) is 30.7 Å². The van der Waals surface area contributed by atoms with Crippen LogP contribution in [0, 0.1) is 0 Å². The second kappa shape index (κ2) is 8.67. The van der Waals surface area contributed by atoms with E-state index in [1.165, 1.54) is 16.9 Å². The number of nitrogens with one attached hydrogen (secondary N) is 1. The maximum absolute atomic E-state index is 12.4. The first kappa shape index (κ1) is 21.1. The van der Waals surface area contributed by atoms with Crippen LogP contribution in [0.25, 0.3) is 16.9 Å². The molecule has 12 heteroatoms. The minimum Gasteiger partial charge on any atom is -0.475 e. The normalized spacial score (nSPS) is 10.9. The second-order valence-corrected chi connectivity index (χ2v) is 5.57. The minimum atomic E-state index is -5.08. The molecular weight excluding hydrogens is 405 g/mol. The Morgan fingerprint density at radius 3 is 2.50 bits per heavy atom. The number of aliphatic carboxylic acids is 1. The Kier molecular flexibility index (Phi) is 6.54. The molecule has 0 amide bonds. The number of hydrogen-bond donors (Lipinski definition) is 3. The van der Waals surface area contributed by atoms with Crippen molar-refractivity contribution in [2.24, 2.45) is 0 Å². The number of aromatic amines is 1. The van der Waals surface area contributed by atoms with Crippen molar-refractivity contribution in [2.75, 3.05) is 0 Å². The molecule has 148 valence electrons. The molecule has 0 aliphatic carbocycles. The third-order valence-corrected chi connectivity index (χ3v) is 3.65. The Labute approximate surface area is 159 Å². The van der Waals surface area contributed by atoms with Crippen LogP contribution in [0.1, 0.15) is 5.56 Å². The molecule has 28 heavy (non-hydrogen) atoms. The van der Waals surface area contributed by atoms with Crippen LogP contribution in [0.3, 0.4) is 0 Å². The van der Waals surface area contributed by atoms with Crippen molar-refractivity contribution in [2.45, 2.75) is 12.8 Å². The highest BCUT2D eigenvalue weighted by Gasteiger charge is 2.38. The Bertz CT molecular complexity index is 1020. The van der Waals surface area contributed by atoms with Crippen molar-refractivity contribution in [1.82, 2.24) is 19.7 Å². The number of halogens is 4. The molecule has 0 aromatic carbocycles. The van der Waals surface area contributed by atoms with Gasteiger partial charge in [-0.1, -0.05) is 17.7 Å². The van der Waals surface area contributed by atoms with Crippen molar-refractivity contribution >= 4 is 17.6 Å². The summed E-state index contributed by atoms with van der Waals surface area (Å²) in [6.07, 6.45) is 1.21. The summed E-state index contributed by atoms with van der Waals surface area (Å²) < 4.78 is 33.0. The summed E-state index contributed by atoms with van der Waals surface area (Å²) in [5.41, 5.74) is 1.47. The first-order chi connectivity index (χ1) is 13.1. The summed E-state index contributed by atoms with van der Waals surface area (Å²) >= 11 is 6.02. The summed E-state index contributed by atoms with van der Waals surface area (Å²) in [6, 6.07) is 5.09. The summed E-state index contributed by atoms with van der Waals surface area (Å²) in [5, 5.41) is 19.4. The van der Waals surface area contributed by atoms with Gasteiger partial charge in [0.25, 0.3) is 5.56 Å². The highest BCUT2D eigenvalue weighted by Crippen LogP contribution is 2.18. The zero-order valence-corrected chi connectivity index (χ0v) is 14.6. The standard InChI is InChI=1S/C14H11ClN4O2.C2HF3O2/c15-12-4-13(17-6-10(12)8-20)19-14(21)11(7-18-19)9-2-1-3-16-5-9;3-2(4,5)1(6)7/h1-7,18,20H,8H2;(H,6,7). The number of alkyl halides is 3. The third kappa shape index (κ3) is 4.96. The molecule has 0 radical (unpaired) electrons. The Morgan fingerprint density at radius 1 is 1.32 bits per heavy atom. The quantitative estimate of drug-likeness (QED) is 0.603. The maximum Gasteiger partial charge on any atom is 0.490 e. The summed E-state index contributed by atoms with van der Waals surface area (Å²) in [5.74, 6) is -2.40. The number of aliphatic hydroxyl groups is 1. The maximum atomic E-state index is 12.4. The summed E-state index contributed by atoms with van der Waals surface area (Å²) in [7, 11) is 0. The molecule has 3 aromatic rings. The summed E-state index contributed by atoms with van der Waals surface area (Å²) in [6.45, 7) is -0.202. The molecule has 0 aliphatic rings. The molecule has 0 unspecified atom stereocenters. The van der Waals surface area contributed by atoms with E-state index in [9.17, 15) is 18.0 Å². The number of carboxylic acids is 1. The van der Waals surface area contributed by atoms with Gasteiger partial charge in [0.05, 0.1) is 17.2 Å². The van der Waals surface area contributed by atoms with Crippen LogP contribution < -0.4 is 5.56 Å². The van der Waals surface area contributed by atoms with Crippen LogP contribution in [0.5, 0.6) is 0 Å². The fourth-order valence-corrected chi connectivity index (χ4v) is 2.16. The monoisotopic (exact) mass is 416 g/mol. The third-order valence-electron chi connectivity index (χ3n) is 3.30. The highest BCUT2D eigenvalue weighted by molar-refractivity contribution is 6.31. The van der Waals surface area contributed by atoms with Crippen molar-refractivity contribution in [3.05, 3.63) is 63.9 Å². The fourth-order valence-electron chi connectivity index (χ4n) is 1.96. The van der Waals surface area contributed by atoms with Gasteiger partial charge in [0.15, 0.2) is 5.82 Å². The Hall–Kier alpha value is -3.18. The number of hydrogen-bond acceptors (Lipinski definition) is 5. The van der Waals surface area contributed by atoms with E-state index in [-0.39, 0.29) is 12.2 Å². The van der Waals surface area contributed by atoms with E-state index >= 15 is 0 Å². The van der Waals surface area contributed by atoms with Gasteiger partial charge < -0.3 is 10.2 Å². The molecule has 0 saturated heterocycles. The molecule has 3 aromatic heterocycles. The van der Waals surface area contributed by atoms with Crippen LogP contribution >= 0.6 is 11.6 Å². The lowest BCUT2D eigenvalue weighted by molar-refractivity contribution is -0.192. The number of H-pyrrole nitrogens is 1. The molecule has 0 saturated carbocycles. The van der Waals surface area contributed by atoms with Gasteiger partial charge in [0.1, 0.15) is 0 Å². The highest BCUT2D eigenvalue weighted by atomic mass is 35.5. The molecule has 8 nitrogen and oxygen atoms in total. The SMILES string of the molecule is O=C(O)C(F)(F)F.O=c1c(-c2cccnc2)c[nH]n1-c1cc(Cl)c(CO)cn1. The largest absolute Gasteiger partial charge is 0.490 e. The van der Waals surface area contributed by atoms with Crippen LogP contribution in [0.2, 0.25) is 5.02 Å². The van der Waals surface area contributed by atoms with Gasteiger partial charge >= 0.3 is 12.1 Å². The summed E-state index contributed by atoms with van der Waals surface area (Å²) in [4.78, 5) is 29.4. The van der Waals surface area contributed by atoms with E-state index in [0.717, 1.165) is 5.56 Å². The first-order valence-electron chi connectivity index (χ1n) is 7.41. The lowest BCUT2D eigenvalue weighted by atomic mass is 10.2. The predicted molar refractivity (Wildman–Crippen MR) is 92.0 cm³/mol. The second-order valence-electron chi connectivity index (χ2n) is 5.16. The number of pyridine rings is 2. The van der Waals surface area contributed by atoms with Crippen LogP contribution in [-0.4, -0.2) is 42.1 Å². The molecule has 0 bridgehead atoms. The van der Waals surface area contributed by atoms with Crippen molar-refractivity contribution in [3.8, 4) is 16.9 Å². The van der Waals surface area contributed by atoms with Gasteiger partial charge in [-0.25, -0.2) is 14.5 Å². The minimum absolute atomic E-state index is 0.202. The average molecular weight is 417 g/mol. The number of aliphatic hydroxyl groups excluding tert-OH is 1. The molecular formula is C16H12ClF3N4O4. The van der Waals surface area contributed by atoms with Crippen LogP contribution in [-0.2, 0) is 11.4 Å². The molecule has 0 aliphatic heterocycles. The van der Waals surface area contributed by atoms with E-state index in [4.69, 9.17) is 26.6 Å². The molecule has 3 rings (SSSR count). The lowest BCUT2D eigenvalue weighted by Crippen LogP contribution is -2.21.